The molecule has 122 valence electrons. The van der Waals surface area contributed by atoms with Gasteiger partial charge in [0.15, 0.2) is 0 Å². The number of rotatable bonds is 2. The molecule has 0 fully saturated rings. The van der Waals surface area contributed by atoms with Gasteiger partial charge < -0.3 is 4.74 Å². The summed E-state index contributed by atoms with van der Waals surface area (Å²) in [5, 5.41) is 0.810. The molecular weight excluding hydrogens is 337 g/mol. The fourth-order valence-electron chi connectivity index (χ4n) is 1.86. The lowest BCUT2D eigenvalue weighted by Crippen LogP contribution is -2.34. The highest BCUT2D eigenvalue weighted by molar-refractivity contribution is 6.30. The quantitative estimate of drug-likeness (QED) is 0.699. The second-order valence-corrected chi connectivity index (χ2v) is 6.71. The topological polar surface area (TPSA) is 55.3 Å². The van der Waals surface area contributed by atoms with Crippen LogP contribution < -0.4 is 4.90 Å². The van der Waals surface area contributed by atoms with E-state index in [0.29, 0.717) is 22.4 Å². The van der Waals surface area contributed by atoms with Crippen LogP contribution in [0.1, 0.15) is 26.6 Å². The molecule has 0 aliphatic heterocycles. The first kappa shape index (κ1) is 17.5. The van der Waals surface area contributed by atoms with Crippen LogP contribution in [0.25, 0.3) is 0 Å². The molecule has 1 heterocycles. The van der Waals surface area contributed by atoms with Crippen LogP contribution in [0.3, 0.4) is 0 Å². The van der Waals surface area contributed by atoms with Crippen molar-refractivity contribution in [2.75, 3.05) is 4.90 Å². The number of carbonyl (C=O) groups is 1. The molecular formula is C16H17Cl2N3O2. The zero-order valence-electron chi connectivity index (χ0n) is 13.3. The molecule has 0 aliphatic rings. The van der Waals surface area contributed by atoms with Crippen LogP contribution in [0.4, 0.5) is 16.3 Å². The van der Waals surface area contributed by atoms with Crippen molar-refractivity contribution in [2.45, 2.75) is 33.3 Å². The van der Waals surface area contributed by atoms with E-state index in [-0.39, 0.29) is 5.15 Å². The number of ether oxygens (including phenoxy) is 1. The van der Waals surface area contributed by atoms with Crippen LogP contribution in [-0.4, -0.2) is 21.7 Å². The molecule has 5 nitrogen and oxygen atoms in total. The predicted molar refractivity (Wildman–Crippen MR) is 91.6 cm³/mol. The fraction of sp³-hybridized carbons (Fsp3) is 0.312. The Morgan fingerprint density at radius 2 is 1.74 bits per heavy atom. The fourth-order valence-corrected chi connectivity index (χ4v) is 2.21. The number of hydrogen-bond donors (Lipinski definition) is 0. The van der Waals surface area contributed by atoms with E-state index < -0.39 is 11.7 Å². The van der Waals surface area contributed by atoms with E-state index in [9.17, 15) is 4.79 Å². The Bertz CT molecular complexity index is 692. The number of carbonyl (C=O) groups excluding carboxylic acids is 1. The average Bonchev–Trinajstić information content (AvgIpc) is 2.38. The SMILES string of the molecule is Cc1nc(Cl)cc(N(C(=O)OC(C)(C)C)c2ccc(Cl)cc2)n1. The molecule has 0 saturated carbocycles. The van der Waals surface area contributed by atoms with E-state index >= 15 is 0 Å². The molecule has 1 aromatic heterocycles. The van der Waals surface area contributed by atoms with Crippen molar-refractivity contribution in [3.63, 3.8) is 0 Å². The number of aromatic nitrogens is 2. The predicted octanol–water partition coefficient (Wildman–Crippen LogP) is 5.17. The minimum atomic E-state index is -0.645. The minimum Gasteiger partial charge on any atom is -0.443 e. The van der Waals surface area contributed by atoms with Crippen LogP contribution in [0.5, 0.6) is 0 Å². The Morgan fingerprint density at radius 1 is 1.13 bits per heavy atom. The van der Waals surface area contributed by atoms with Crippen molar-refractivity contribution >= 4 is 40.8 Å². The summed E-state index contributed by atoms with van der Waals surface area (Å²) >= 11 is 11.9. The standard InChI is InChI=1S/C16H17Cl2N3O2/c1-10-19-13(18)9-14(20-10)21(15(22)23-16(2,3)4)12-7-5-11(17)6-8-12/h5-9H,1-4H3. The van der Waals surface area contributed by atoms with Crippen molar-refractivity contribution in [3.05, 3.63) is 46.3 Å². The highest BCUT2D eigenvalue weighted by Gasteiger charge is 2.26. The molecule has 0 N–H and O–H groups in total. The first-order valence-electron chi connectivity index (χ1n) is 6.95. The normalized spacial score (nSPS) is 11.2. The molecule has 0 saturated heterocycles. The molecule has 0 unspecified atom stereocenters. The third kappa shape index (κ3) is 4.81. The lowest BCUT2D eigenvalue weighted by Gasteiger charge is -2.27. The van der Waals surface area contributed by atoms with Gasteiger partial charge in [0.1, 0.15) is 22.4 Å². The monoisotopic (exact) mass is 353 g/mol. The number of halogens is 2. The van der Waals surface area contributed by atoms with Crippen molar-refractivity contribution < 1.29 is 9.53 Å². The zero-order valence-corrected chi connectivity index (χ0v) is 14.8. The highest BCUT2D eigenvalue weighted by atomic mass is 35.5. The highest BCUT2D eigenvalue weighted by Crippen LogP contribution is 2.28. The summed E-state index contributed by atoms with van der Waals surface area (Å²) in [6.07, 6.45) is -0.561. The van der Waals surface area contributed by atoms with Gasteiger partial charge in [-0.15, -0.1) is 0 Å². The molecule has 23 heavy (non-hydrogen) atoms. The first-order chi connectivity index (χ1) is 10.7. The van der Waals surface area contributed by atoms with Gasteiger partial charge in [0.05, 0.1) is 5.69 Å². The van der Waals surface area contributed by atoms with Gasteiger partial charge in [0.25, 0.3) is 0 Å². The van der Waals surface area contributed by atoms with Gasteiger partial charge in [-0.25, -0.2) is 19.7 Å². The van der Waals surface area contributed by atoms with Crippen molar-refractivity contribution in [3.8, 4) is 0 Å². The van der Waals surface area contributed by atoms with Crippen LogP contribution in [0.15, 0.2) is 30.3 Å². The maximum absolute atomic E-state index is 12.6. The number of hydrogen-bond acceptors (Lipinski definition) is 4. The van der Waals surface area contributed by atoms with E-state index in [4.69, 9.17) is 27.9 Å². The first-order valence-corrected chi connectivity index (χ1v) is 7.71. The van der Waals surface area contributed by atoms with Gasteiger partial charge >= 0.3 is 6.09 Å². The number of benzene rings is 1. The second-order valence-electron chi connectivity index (χ2n) is 5.89. The molecule has 2 rings (SSSR count). The number of amides is 1. The Morgan fingerprint density at radius 3 is 2.26 bits per heavy atom. The summed E-state index contributed by atoms with van der Waals surface area (Å²) in [5.74, 6) is 0.786. The zero-order chi connectivity index (χ0) is 17.2. The summed E-state index contributed by atoms with van der Waals surface area (Å²) in [5.41, 5.74) is -0.0778. The van der Waals surface area contributed by atoms with Gasteiger partial charge in [-0.1, -0.05) is 23.2 Å². The van der Waals surface area contributed by atoms with Crippen LogP contribution >= 0.6 is 23.2 Å². The number of anilines is 2. The third-order valence-electron chi connectivity index (χ3n) is 2.68. The second kappa shape index (κ2) is 6.72. The van der Waals surface area contributed by atoms with Gasteiger partial charge in [0.2, 0.25) is 0 Å². The maximum atomic E-state index is 12.6. The van der Waals surface area contributed by atoms with Crippen LogP contribution in [0, 0.1) is 6.92 Å². The Kier molecular flexibility index (Phi) is 5.12. The van der Waals surface area contributed by atoms with Gasteiger partial charge in [-0.2, -0.15) is 0 Å². The van der Waals surface area contributed by atoms with Crippen molar-refractivity contribution in [1.82, 2.24) is 9.97 Å². The number of aryl methyl sites for hydroxylation is 1. The Hall–Kier alpha value is -1.85. The van der Waals surface area contributed by atoms with Gasteiger partial charge in [-0.05, 0) is 52.0 Å². The summed E-state index contributed by atoms with van der Waals surface area (Å²) < 4.78 is 5.47. The molecule has 2 aromatic rings. The van der Waals surface area contributed by atoms with E-state index in [1.54, 1.807) is 52.0 Å². The van der Waals surface area contributed by atoms with Crippen molar-refractivity contribution in [1.29, 1.82) is 0 Å². The van der Waals surface area contributed by atoms with E-state index in [1.807, 2.05) is 0 Å². The molecule has 0 radical (unpaired) electrons. The lowest BCUT2D eigenvalue weighted by atomic mass is 10.2. The third-order valence-corrected chi connectivity index (χ3v) is 3.13. The Labute approximate surface area is 145 Å². The average molecular weight is 354 g/mol. The van der Waals surface area contributed by atoms with E-state index in [1.165, 1.54) is 11.0 Å². The lowest BCUT2D eigenvalue weighted by molar-refractivity contribution is 0.0598. The smallest absolute Gasteiger partial charge is 0.420 e. The summed E-state index contributed by atoms with van der Waals surface area (Å²) in [6.45, 7) is 7.08. The van der Waals surface area contributed by atoms with E-state index in [2.05, 4.69) is 9.97 Å². The Balaban J connectivity index is 2.50. The molecule has 1 aromatic carbocycles. The van der Waals surface area contributed by atoms with Crippen LogP contribution in [0.2, 0.25) is 10.2 Å². The summed E-state index contributed by atoms with van der Waals surface area (Å²) in [4.78, 5) is 22.3. The summed E-state index contributed by atoms with van der Waals surface area (Å²) in [6, 6.07) is 8.29. The molecule has 0 aliphatic carbocycles. The van der Waals surface area contributed by atoms with Gasteiger partial charge in [0, 0.05) is 11.1 Å². The molecule has 1 amide bonds. The molecule has 0 spiro atoms. The number of nitrogens with zero attached hydrogens (tertiary/aromatic N) is 3. The molecule has 0 atom stereocenters. The molecule has 7 heteroatoms. The van der Waals surface area contributed by atoms with E-state index in [0.717, 1.165) is 0 Å². The maximum Gasteiger partial charge on any atom is 0.420 e. The minimum absolute atomic E-state index is 0.245. The van der Waals surface area contributed by atoms with Crippen LogP contribution in [-0.2, 0) is 4.74 Å². The summed E-state index contributed by atoms with van der Waals surface area (Å²) in [7, 11) is 0. The van der Waals surface area contributed by atoms with Crippen molar-refractivity contribution in [2.24, 2.45) is 0 Å². The largest absolute Gasteiger partial charge is 0.443 e. The van der Waals surface area contributed by atoms with Gasteiger partial charge in [-0.3, -0.25) is 0 Å². The molecule has 0 bridgehead atoms.